The fourth-order valence-corrected chi connectivity index (χ4v) is 9.01. The number of benzene rings is 3. The number of nitrogens with zero attached hydrogens (tertiary/aromatic N) is 2. The lowest BCUT2D eigenvalue weighted by atomic mass is 9.72. The number of oxazole rings is 2. The number of fused-ring (bicyclic) bond motifs is 7. The van der Waals surface area contributed by atoms with Crippen LogP contribution in [0.5, 0.6) is 5.75 Å². The van der Waals surface area contributed by atoms with Gasteiger partial charge in [0.05, 0.1) is 5.56 Å². The average molecular weight is 766 g/mol. The van der Waals surface area contributed by atoms with Crippen LogP contribution in [-0.4, -0.2) is 50.2 Å². The Morgan fingerprint density at radius 2 is 1.80 bits per heavy atom. The molecule has 0 radical (unpaired) electrons. The molecule has 2 amide bonds. The second-order valence-electron chi connectivity index (χ2n) is 15.1. The highest BCUT2D eigenvalue weighted by Gasteiger charge is 2.61. The van der Waals surface area contributed by atoms with Gasteiger partial charge in [0, 0.05) is 39.7 Å². The predicted octanol–water partition coefficient (Wildman–Crippen LogP) is 7.11. The normalized spacial score (nSPS) is 22.2. The van der Waals surface area contributed by atoms with Crippen LogP contribution in [0.25, 0.3) is 44.9 Å². The van der Waals surface area contributed by atoms with Gasteiger partial charge >= 0.3 is 0 Å². The molecular weight excluding hydrogens is 731 g/mol. The number of hydrogen-bond acceptors (Lipinski definition) is 9. The first-order valence-corrected chi connectivity index (χ1v) is 18.7. The number of hydrogen-bond donors (Lipinski definition) is 5. The van der Waals surface area contributed by atoms with Crippen molar-refractivity contribution in [2.75, 3.05) is 5.32 Å². The molecule has 3 aromatic carbocycles. The number of amides is 2. The van der Waals surface area contributed by atoms with Crippen molar-refractivity contribution in [1.82, 2.24) is 25.6 Å². The Kier molecular flexibility index (Phi) is 7.15. The van der Waals surface area contributed by atoms with Crippen LogP contribution >= 0.6 is 23.2 Å². The van der Waals surface area contributed by atoms with Gasteiger partial charge in [-0.25, -0.2) is 4.98 Å². The van der Waals surface area contributed by atoms with E-state index >= 15 is 0 Å². The summed E-state index contributed by atoms with van der Waals surface area (Å²) in [5, 5.41) is 21.5. The van der Waals surface area contributed by atoms with E-state index in [9.17, 15) is 14.7 Å². The first-order valence-electron chi connectivity index (χ1n) is 17.9. The molecule has 5 N–H and O–H groups in total. The molecule has 1 spiro atoms. The Balaban J connectivity index is 1.30. The maximum absolute atomic E-state index is 14.2. The molecule has 54 heavy (non-hydrogen) atoms. The second-order valence-corrected chi connectivity index (χ2v) is 15.8. The number of aromatic amines is 1. The van der Waals surface area contributed by atoms with Crippen LogP contribution in [0, 0.1) is 11.8 Å². The van der Waals surface area contributed by atoms with Crippen molar-refractivity contribution < 1.29 is 28.3 Å². The van der Waals surface area contributed by atoms with Crippen LogP contribution in [0.4, 0.5) is 5.69 Å². The van der Waals surface area contributed by atoms with Gasteiger partial charge in [-0.15, -0.1) is 0 Å². The van der Waals surface area contributed by atoms with Crippen molar-refractivity contribution in [3.8, 4) is 39.8 Å². The van der Waals surface area contributed by atoms with Gasteiger partial charge < -0.3 is 39.6 Å². The summed E-state index contributed by atoms with van der Waals surface area (Å²) in [6, 6.07) is 16.0. The number of carbonyl (C=O) groups excluding carboxylic acids is 2. The van der Waals surface area contributed by atoms with E-state index in [0.717, 1.165) is 44.4 Å². The summed E-state index contributed by atoms with van der Waals surface area (Å²) in [4.78, 5) is 40.5. The number of aliphatic hydroxyl groups is 1. The number of aliphatic hydroxyl groups excluding tert-OH is 1. The first-order chi connectivity index (χ1) is 25.9. The molecule has 10 rings (SSSR count). The summed E-state index contributed by atoms with van der Waals surface area (Å²) in [6.07, 6.45) is -1.87. The number of anilines is 1. The van der Waals surface area contributed by atoms with Crippen LogP contribution in [0.15, 0.2) is 63.4 Å². The highest BCUT2D eigenvalue weighted by Crippen LogP contribution is 2.62. The molecule has 6 aromatic rings. The molecule has 14 heteroatoms. The van der Waals surface area contributed by atoms with Gasteiger partial charge in [-0.1, -0.05) is 93.4 Å². The molecule has 4 aliphatic rings. The summed E-state index contributed by atoms with van der Waals surface area (Å²) < 4.78 is 20.4. The number of aromatic nitrogens is 3. The van der Waals surface area contributed by atoms with Gasteiger partial charge in [0.15, 0.2) is 28.6 Å². The summed E-state index contributed by atoms with van der Waals surface area (Å²) in [6.45, 7) is 7.36. The first kappa shape index (κ1) is 33.3. The highest BCUT2D eigenvalue weighted by molar-refractivity contribution is 6.37. The quantitative estimate of drug-likeness (QED) is 0.126. The number of para-hydroxylation sites is 1. The second kappa shape index (κ2) is 11.6. The Morgan fingerprint density at radius 1 is 1.00 bits per heavy atom. The molecule has 7 heterocycles. The third-order valence-corrected chi connectivity index (χ3v) is 11.7. The predicted molar refractivity (Wildman–Crippen MR) is 201 cm³/mol. The van der Waals surface area contributed by atoms with E-state index in [2.05, 4.69) is 27.0 Å². The van der Waals surface area contributed by atoms with Crippen LogP contribution in [0.2, 0.25) is 10.3 Å². The highest BCUT2D eigenvalue weighted by atomic mass is 35.5. The number of nitrogens with one attached hydrogen (secondary N) is 4. The van der Waals surface area contributed by atoms with Crippen molar-refractivity contribution in [2.45, 2.75) is 63.9 Å². The van der Waals surface area contributed by atoms with E-state index in [0.29, 0.717) is 22.2 Å². The number of halogens is 2. The van der Waals surface area contributed by atoms with Crippen molar-refractivity contribution in [3.63, 3.8) is 0 Å². The summed E-state index contributed by atoms with van der Waals surface area (Å²) in [7, 11) is 0. The van der Waals surface area contributed by atoms with Gasteiger partial charge in [-0.2, -0.15) is 4.98 Å². The monoisotopic (exact) mass is 764 g/mol. The van der Waals surface area contributed by atoms with E-state index in [1.807, 2.05) is 62.4 Å². The fourth-order valence-electron chi connectivity index (χ4n) is 8.52. The molecule has 4 aliphatic heterocycles. The smallest absolute Gasteiger partial charge is 0.250 e. The largest absolute Gasteiger partial charge is 0.469 e. The van der Waals surface area contributed by atoms with E-state index in [1.165, 1.54) is 0 Å². The number of ether oxygens (including phenoxy) is 1. The van der Waals surface area contributed by atoms with E-state index in [-0.39, 0.29) is 46.6 Å². The molecular formula is C40H34Cl2N6O6. The topological polar surface area (TPSA) is 168 Å². The standard InChI is InChI=1S/C40H34Cl2N6O6/c1-15(2)27-37-46-29-32(54-37)40-20-9-5-8-19(18-7-6-10-22-25(18)26(33(41)43-22)31-34(42)48-38(29)53-31)28(20)47-39(40)52-24-12-11-17(13-21(24)40)14-23(35(50)45-27)44-36(51)30(49)16(3)4/h5-13,15-16,23,27,30,39,43,47,49H,14H2,1-4H3,(H,44,51)(H,45,50)/t23?,27-,30-,39?,40-/m0/s1. The third-order valence-electron chi connectivity index (χ3n) is 11.2. The fraction of sp³-hybridized carbons (Fsp3) is 0.300. The zero-order valence-electron chi connectivity index (χ0n) is 29.5. The minimum atomic E-state index is -1.30. The van der Waals surface area contributed by atoms with Crippen LogP contribution < -0.4 is 20.7 Å². The Bertz CT molecular complexity index is 2590. The molecule has 0 saturated heterocycles. The van der Waals surface area contributed by atoms with Gasteiger partial charge in [-0.05, 0) is 35.1 Å². The maximum Gasteiger partial charge on any atom is 0.250 e. The Hall–Kier alpha value is -5.30. The summed E-state index contributed by atoms with van der Waals surface area (Å²) in [5.41, 5.74) is 5.49. The van der Waals surface area contributed by atoms with E-state index in [4.69, 9.17) is 46.7 Å². The average Bonchev–Trinajstić information content (AvgIpc) is 3.94. The lowest BCUT2D eigenvalue weighted by molar-refractivity contribution is -0.135. The van der Waals surface area contributed by atoms with Gasteiger partial charge in [0.25, 0.3) is 5.89 Å². The van der Waals surface area contributed by atoms with Gasteiger partial charge in [0.1, 0.15) is 34.5 Å². The number of rotatable bonds is 4. The SMILES string of the molecule is CC(C)[C@H](O)C(=O)NC1Cc2ccc3c(c2)[C@]24c5cccc(c5NC2O3)-c2cccc3[nH]c(Cl)c(c23)-c2oc(nc2Cl)-c2nc(oc24)[C@H](C(C)C)NC1=O. The minimum absolute atomic E-state index is 0.0872. The van der Waals surface area contributed by atoms with E-state index < -0.39 is 41.6 Å². The molecule has 12 nitrogen and oxygen atoms in total. The zero-order chi connectivity index (χ0) is 37.4. The van der Waals surface area contributed by atoms with Crippen LogP contribution in [0.1, 0.15) is 62.1 Å². The van der Waals surface area contributed by atoms with Gasteiger partial charge in [-0.3, -0.25) is 9.59 Å². The zero-order valence-corrected chi connectivity index (χ0v) is 31.0. The molecule has 2 unspecified atom stereocenters. The molecule has 274 valence electrons. The molecule has 10 bridgehead atoms. The van der Waals surface area contributed by atoms with Crippen LogP contribution in [-0.2, 0) is 21.4 Å². The van der Waals surface area contributed by atoms with Crippen molar-refractivity contribution in [2.24, 2.45) is 11.8 Å². The minimum Gasteiger partial charge on any atom is -0.469 e. The molecule has 0 fully saturated rings. The van der Waals surface area contributed by atoms with Crippen LogP contribution in [0.3, 0.4) is 0 Å². The molecule has 0 aliphatic carbocycles. The Labute approximate surface area is 318 Å². The Morgan fingerprint density at radius 3 is 2.59 bits per heavy atom. The third kappa shape index (κ3) is 4.47. The molecule has 5 atom stereocenters. The summed E-state index contributed by atoms with van der Waals surface area (Å²) in [5.74, 6) is -0.0970. The lowest BCUT2D eigenvalue weighted by Crippen LogP contribution is -2.52. The molecule has 3 aromatic heterocycles. The van der Waals surface area contributed by atoms with Crippen molar-refractivity contribution in [1.29, 1.82) is 0 Å². The van der Waals surface area contributed by atoms with Gasteiger partial charge in [0.2, 0.25) is 17.7 Å². The van der Waals surface area contributed by atoms with Crippen molar-refractivity contribution in [3.05, 3.63) is 93.2 Å². The van der Waals surface area contributed by atoms with Crippen molar-refractivity contribution >= 4 is 51.6 Å². The van der Waals surface area contributed by atoms with E-state index in [1.54, 1.807) is 13.8 Å². The molecule has 0 saturated carbocycles. The number of carbonyl (C=O) groups is 2. The number of H-pyrrole nitrogens is 1. The lowest BCUT2D eigenvalue weighted by Gasteiger charge is -2.29. The summed E-state index contributed by atoms with van der Waals surface area (Å²) >= 11 is 13.9. The maximum atomic E-state index is 14.2.